The summed E-state index contributed by atoms with van der Waals surface area (Å²) in [5.41, 5.74) is 1.13. The molecule has 1 aliphatic heterocycles. The zero-order chi connectivity index (χ0) is 20.4. The second-order valence-electron chi connectivity index (χ2n) is 9.10. The second-order valence-corrected chi connectivity index (χ2v) is 9.10. The maximum Gasteiger partial charge on any atom is 0.410 e. The lowest BCUT2D eigenvalue weighted by atomic mass is 9.85. The quantitative estimate of drug-likeness (QED) is 0.863. The van der Waals surface area contributed by atoms with Crippen LogP contribution in [0.5, 0.6) is 0 Å². The zero-order valence-corrected chi connectivity index (χ0v) is 17.0. The summed E-state index contributed by atoms with van der Waals surface area (Å²) in [4.78, 5) is 26.7. The Morgan fingerprint density at radius 2 is 2.00 bits per heavy atom. The van der Waals surface area contributed by atoms with E-state index < -0.39 is 5.60 Å². The average Bonchev–Trinajstić information content (AvgIpc) is 3.21. The molecule has 3 rings (SSSR count). The first kappa shape index (κ1) is 20.2. The molecule has 1 spiro atoms. The average molecular weight is 383 g/mol. The van der Waals surface area contributed by atoms with Gasteiger partial charge in [0.1, 0.15) is 5.60 Å². The van der Waals surface area contributed by atoms with Crippen molar-refractivity contribution in [2.75, 3.05) is 13.1 Å². The zero-order valence-electron chi connectivity index (χ0n) is 17.0. The van der Waals surface area contributed by atoms with Gasteiger partial charge >= 0.3 is 6.09 Å². The minimum absolute atomic E-state index is 0.0763. The van der Waals surface area contributed by atoms with Crippen LogP contribution in [0.15, 0.2) is 24.3 Å². The second kappa shape index (κ2) is 7.83. The van der Waals surface area contributed by atoms with Crippen LogP contribution in [-0.4, -0.2) is 41.6 Å². The van der Waals surface area contributed by atoms with E-state index in [1.807, 2.05) is 37.8 Å². The van der Waals surface area contributed by atoms with Crippen molar-refractivity contribution < 1.29 is 14.3 Å². The van der Waals surface area contributed by atoms with Crippen LogP contribution < -0.4 is 5.32 Å². The van der Waals surface area contributed by atoms with Crippen molar-refractivity contribution in [1.29, 1.82) is 5.26 Å². The fourth-order valence-corrected chi connectivity index (χ4v) is 4.25. The summed E-state index contributed by atoms with van der Waals surface area (Å²) in [5.74, 6) is -0.0763. The van der Waals surface area contributed by atoms with Gasteiger partial charge in [-0.2, -0.15) is 5.26 Å². The van der Waals surface area contributed by atoms with E-state index in [1.54, 1.807) is 12.1 Å². The van der Waals surface area contributed by atoms with Crippen LogP contribution >= 0.6 is 0 Å². The van der Waals surface area contributed by atoms with E-state index in [4.69, 9.17) is 10.00 Å². The van der Waals surface area contributed by atoms with Gasteiger partial charge in [0.2, 0.25) is 0 Å². The number of hydrogen-bond acceptors (Lipinski definition) is 4. The van der Waals surface area contributed by atoms with E-state index in [-0.39, 0.29) is 23.5 Å². The minimum atomic E-state index is -0.484. The largest absolute Gasteiger partial charge is 0.444 e. The van der Waals surface area contributed by atoms with Gasteiger partial charge in [-0.05, 0) is 69.6 Å². The molecule has 150 valence electrons. The number of nitrogens with zero attached hydrogens (tertiary/aromatic N) is 2. The Labute approximate surface area is 166 Å². The molecule has 1 saturated heterocycles. The van der Waals surface area contributed by atoms with Gasteiger partial charge in [-0.3, -0.25) is 4.79 Å². The first-order valence-corrected chi connectivity index (χ1v) is 9.94. The van der Waals surface area contributed by atoms with Crippen molar-refractivity contribution in [3.05, 3.63) is 35.4 Å². The normalized spacial score (nSPS) is 24.2. The summed E-state index contributed by atoms with van der Waals surface area (Å²) in [5, 5.41) is 11.9. The molecule has 2 aliphatic rings. The molecule has 2 fully saturated rings. The molecule has 2 unspecified atom stereocenters. The molecule has 28 heavy (non-hydrogen) atoms. The van der Waals surface area contributed by atoms with Gasteiger partial charge in [0.05, 0.1) is 12.5 Å². The van der Waals surface area contributed by atoms with Gasteiger partial charge < -0.3 is 15.0 Å². The predicted octanol–water partition coefficient (Wildman–Crippen LogP) is 3.66. The van der Waals surface area contributed by atoms with E-state index in [0.717, 1.165) is 37.8 Å². The Bertz CT molecular complexity index is 776. The molecule has 2 atom stereocenters. The van der Waals surface area contributed by atoms with Crippen LogP contribution in [0.1, 0.15) is 62.4 Å². The molecule has 1 aromatic carbocycles. The molecule has 1 aliphatic carbocycles. The van der Waals surface area contributed by atoms with Crippen LogP contribution in [0.4, 0.5) is 4.79 Å². The molecule has 1 aromatic rings. The molecule has 0 radical (unpaired) electrons. The third-order valence-corrected chi connectivity index (χ3v) is 5.63. The number of carbonyl (C=O) groups excluding carboxylic acids is 2. The first-order chi connectivity index (χ1) is 13.2. The third kappa shape index (κ3) is 4.83. The van der Waals surface area contributed by atoms with Crippen molar-refractivity contribution >= 4 is 12.0 Å². The highest BCUT2D eigenvalue weighted by atomic mass is 16.6. The lowest BCUT2D eigenvalue weighted by Gasteiger charge is -2.27. The third-order valence-electron chi connectivity index (χ3n) is 5.63. The topological polar surface area (TPSA) is 82.4 Å². The number of hydrogen-bond donors (Lipinski definition) is 1. The number of carbonyl (C=O) groups is 2. The molecule has 2 amide bonds. The number of nitrogens with one attached hydrogen (secondary N) is 1. The highest BCUT2D eigenvalue weighted by Crippen LogP contribution is 2.45. The fraction of sp³-hybridized carbons (Fsp3) is 0.591. The number of nitriles is 1. The number of amides is 2. The molecule has 0 bridgehead atoms. The van der Waals surface area contributed by atoms with Crippen molar-refractivity contribution in [1.82, 2.24) is 10.2 Å². The van der Waals surface area contributed by atoms with E-state index in [1.165, 1.54) is 0 Å². The summed E-state index contributed by atoms with van der Waals surface area (Å²) >= 11 is 0. The molecule has 1 N–H and O–H groups in total. The lowest BCUT2D eigenvalue weighted by molar-refractivity contribution is 0.0272. The van der Waals surface area contributed by atoms with E-state index in [2.05, 4.69) is 11.4 Å². The Kier molecular flexibility index (Phi) is 5.64. The van der Waals surface area contributed by atoms with Crippen LogP contribution in [-0.2, 0) is 11.2 Å². The molecule has 6 nitrogen and oxygen atoms in total. The Hall–Kier alpha value is -2.55. The Morgan fingerprint density at radius 3 is 2.64 bits per heavy atom. The van der Waals surface area contributed by atoms with Crippen molar-refractivity contribution in [2.45, 2.75) is 64.5 Å². The van der Waals surface area contributed by atoms with Gasteiger partial charge in [0, 0.05) is 24.7 Å². The lowest BCUT2D eigenvalue weighted by Crippen LogP contribution is -2.37. The fourth-order valence-electron chi connectivity index (χ4n) is 4.25. The van der Waals surface area contributed by atoms with Crippen LogP contribution in [0.2, 0.25) is 0 Å². The molecule has 1 heterocycles. The van der Waals surface area contributed by atoms with Gasteiger partial charge in [-0.15, -0.1) is 0 Å². The van der Waals surface area contributed by atoms with E-state index in [9.17, 15) is 9.59 Å². The summed E-state index contributed by atoms with van der Waals surface area (Å²) in [6.07, 6.45) is 3.90. The summed E-state index contributed by atoms with van der Waals surface area (Å²) in [6, 6.07) is 9.42. The van der Waals surface area contributed by atoms with Gasteiger partial charge in [-0.25, -0.2) is 4.79 Å². The van der Waals surface area contributed by atoms with Crippen molar-refractivity contribution in [3.8, 4) is 6.07 Å². The monoisotopic (exact) mass is 383 g/mol. The Balaban J connectivity index is 1.53. The first-order valence-electron chi connectivity index (χ1n) is 9.94. The highest BCUT2D eigenvalue weighted by molar-refractivity contribution is 5.94. The van der Waals surface area contributed by atoms with E-state index in [0.29, 0.717) is 18.5 Å². The number of benzene rings is 1. The van der Waals surface area contributed by atoms with Gasteiger partial charge in [0.15, 0.2) is 0 Å². The molecule has 1 saturated carbocycles. The minimum Gasteiger partial charge on any atom is -0.444 e. The Morgan fingerprint density at radius 1 is 1.29 bits per heavy atom. The van der Waals surface area contributed by atoms with Crippen LogP contribution in [0, 0.1) is 16.7 Å². The maximum absolute atomic E-state index is 12.5. The molecule has 6 heteroatoms. The number of ether oxygens (including phenoxy) is 1. The highest BCUT2D eigenvalue weighted by Gasteiger charge is 2.46. The van der Waals surface area contributed by atoms with Crippen LogP contribution in [0.3, 0.4) is 0 Å². The van der Waals surface area contributed by atoms with E-state index >= 15 is 0 Å². The SMILES string of the molecule is CC(C)(C)OC(=O)N1CCC2(CCC(NC(=O)c3ccc(CC#N)cc3)C2)C1. The summed E-state index contributed by atoms with van der Waals surface area (Å²) in [6.45, 7) is 7.06. The van der Waals surface area contributed by atoms with Gasteiger partial charge in [0.25, 0.3) is 5.91 Å². The van der Waals surface area contributed by atoms with Crippen molar-refractivity contribution in [2.24, 2.45) is 5.41 Å². The number of likely N-dealkylation sites (tertiary alicyclic amines) is 1. The van der Waals surface area contributed by atoms with Crippen LogP contribution in [0.25, 0.3) is 0 Å². The van der Waals surface area contributed by atoms with Crippen molar-refractivity contribution in [3.63, 3.8) is 0 Å². The summed E-state index contributed by atoms with van der Waals surface area (Å²) < 4.78 is 5.50. The smallest absolute Gasteiger partial charge is 0.410 e. The molecule has 0 aromatic heterocycles. The number of rotatable bonds is 3. The maximum atomic E-state index is 12.5. The summed E-state index contributed by atoms with van der Waals surface area (Å²) in [7, 11) is 0. The predicted molar refractivity (Wildman–Crippen MR) is 106 cm³/mol. The van der Waals surface area contributed by atoms with Gasteiger partial charge in [-0.1, -0.05) is 12.1 Å². The molecular weight excluding hydrogens is 354 g/mol. The standard InChI is InChI=1S/C22H29N3O3/c1-21(2,3)28-20(27)25-13-11-22(15-25)10-8-18(14-22)24-19(26)17-6-4-16(5-7-17)9-12-23/h4-7,18H,8-11,13-15H2,1-3H3,(H,24,26). The molecular formula is C22H29N3O3.